The standard InChI is InChI=1S/C25H31N3O/c1-18(2)28-23-13-11-21(15-22(23)19(3)16-25(28,4)5)17-26-27-24(29)14-12-20-9-7-6-8-10-20/h6-11,13,15-18H,12,14H2,1-5H3,(H,27,29)/b26-17-. The fourth-order valence-electron chi connectivity index (χ4n) is 4.23. The maximum Gasteiger partial charge on any atom is 0.240 e. The van der Waals surface area contributed by atoms with E-state index in [-0.39, 0.29) is 11.4 Å². The van der Waals surface area contributed by atoms with Crippen LogP contribution in [0.1, 0.15) is 57.7 Å². The molecule has 1 heterocycles. The molecule has 3 rings (SSSR count). The van der Waals surface area contributed by atoms with Gasteiger partial charge in [-0.3, -0.25) is 4.79 Å². The highest BCUT2D eigenvalue weighted by Crippen LogP contribution is 2.40. The highest BCUT2D eigenvalue weighted by Gasteiger charge is 2.32. The van der Waals surface area contributed by atoms with Crippen molar-refractivity contribution >= 4 is 23.4 Å². The first-order valence-electron chi connectivity index (χ1n) is 10.3. The minimum atomic E-state index is -0.0770. The number of allylic oxidation sites excluding steroid dienone is 1. The third-order valence-corrected chi connectivity index (χ3v) is 5.30. The average molecular weight is 390 g/mol. The molecule has 0 fully saturated rings. The number of nitrogens with zero attached hydrogens (tertiary/aromatic N) is 2. The predicted octanol–water partition coefficient (Wildman–Crippen LogP) is 5.18. The lowest BCUT2D eigenvalue weighted by Gasteiger charge is -2.46. The SMILES string of the molecule is CC1=CC(C)(C)N(C(C)C)c2ccc(/C=N\NC(=O)CCc3ccccc3)cc21. The molecule has 0 bridgehead atoms. The van der Waals surface area contributed by atoms with E-state index in [0.717, 1.165) is 11.1 Å². The van der Waals surface area contributed by atoms with Crippen LogP contribution in [0.4, 0.5) is 5.69 Å². The number of carbonyl (C=O) groups excluding carboxylic acids is 1. The van der Waals surface area contributed by atoms with Crippen LogP contribution in [0.3, 0.4) is 0 Å². The molecule has 1 aliphatic heterocycles. The Morgan fingerprint density at radius 2 is 1.90 bits per heavy atom. The lowest BCUT2D eigenvalue weighted by molar-refractivity contribution is -0.121. The van der Waals surface area contributed by atoms with Crippen LogP contribution >= 0.6 is 0 Å². The van der Waals surface area contributed by atoms with Gasteiger partial charge in [0.15, 0.2) is 0 Å². The van der Waals surface area contributed by atoms with Crippen LogP contribution in [-0.4, -0.2) is 23.7 Å². The highest BCUT2D eigenvalue weighted by atomic mass is 16.2. The Labute approximate surface area is 174 Å². The second kappa shape index (κ2) is 8.64. The largest absolute Gasteiger partial charge is 0.360 e. The van der Waals surface area contributed by atoms with Gasteiger partial charge in [-0.1, -0.05) is 42.5 Å². The van der Waals surface area contributed by atoms with Crippen molar-refractivity contribution in [1.82, 2.24) is 5.43 Å². The number of hydrogen-bond acceptors (Lipinski definition) is 3. The van der Waals surface area contributed by atoms with Gasteiger partial charge in [0.1, 0.15) is 0 Å². The van der Waals surface area contributed by atoms with Gasteiger partial charge in [-0.25, -0.2) is 5.43 Å². The molecule has 0 aromatic heterocycles. The molecule has 4 nitrogen and oxygen atoms in total. The number of hydrogen-bond donors (Lipinski definition) is 1. The van der Waals surface area contributed by atoms with Crippen LogP contribution in [0.25, 0.3) is 5.57 Å². The summed E-state index contributed by atoms with van der Waals surface area (Å²) in [6.45, 7) is 11.1. The zero-order valence-corrected chi connectivity index (χ0v) is 18.1. The minimum absolute atomic E-state index is 0.0203. The smallest absolute Gasteiger partial charge is 0.240 e. The zero-order chi connectivity index (χ0) is 21.0. The van der Waals surface area contributed by atoms with Crippen LogP contribution < -0.4 is 10.3 Å². The van der Waals surface area contributed by atoms with E-state index in [0.29, 0.717) is 18.9 Å². The summed E-state index contributed by atoms with van der Waals surface area (Å²) in [5.74, 6) is -0.0770. The Morgan fingerprint density at radius 3 is 2.59 bits per heavy atom. The molecule has 1 aliphatic rings. The van der Waals surface area contributed by atoms with Crippen molar-refractivity contribution in [2.24, 2.45) is 5.10 Å². The Bertz CT molecular complexity index is 926. The molecule has 0 spiro atoms. The van der Waals surface area contributed by atoms with Gasteiger partial charge >= 0.3 is 0 Å². The number of amides is 1. The normalized spacial score (nSPS) is 15.4. The molecule has 0 aliphatic carbocycles. The Hall–Kier alpha value is -2.88. The van der Waals surface area contributed by atoms with E-state index in [9.17, 15) is 4.79 Å². The summed E-state index contributed by atoms with van der Waals surface area (Å²) in [5, 5.41) is 4.15. The average Bonchev–Trinajstić information content (AvgIpc) is 2.66. The van der Waals surface area contributed by atoms with E-state index in [4.69, 9.17) is 0 Å². The molecule has 0 saturated carbocycles. The first kappa shape index (κ1) is 20.8. The predicted molar refractivity (Wildman–Crippen MR) is 122 cm³/mol. The molecule has 0 unspecified atom stereocenters. The molecule has 4 heteroatoms. The summed E-state index contributed by atoms with van der Waals surface area (Å²) in [6.07, 6.45) is 5.17. The molecule has 0 atom stereocenters. The third kappa shape index (κ3) is 4.94. The summed E-state index contributed by atoms with van der Waals surface area (Å²) >= 11 is 0. The maximum absolute atomic E-state index is 12.0. The number of nitrogens with one attached hydrogen (secondary N) is 1. The quantitative estimate of drug-likeness (QED) is 0.546. The van der Waals surface area contributed by atoms with Gasteiger partial charge in [0.05, 0.1) is 11.8 Å². The van der Waals surface area contributed by atoms with E-state index in [1.54, 1.807) is 6.21 Å². The number of hydrazone groups is 1. The van der Waals surface area contributed by atoms with Gasteiger partial charge in [0, 0.05) is 23.7 Å². The Balaban J connectivity index is 1.67. The van der Waals surface area contributed by atoms with E-state index < -0.39 is 0 Å². The second-order valence-electron chi connectivity index (χ2n) is 8.50. The van der Waals surface area contributed by atoms with Gasteiger partial charge in [0.25, 0.3) is 0 Å². The first-order chi connectivity index (χ1) is 13.8. The van der Waals surface area contributed by atoms with E-state index in [1.165, 1.54) is 16.8 Å². The van der Waals surface area contributed by atoms with Crippen molar-refractivity contribution in [3.8, 4) is 0 Å². The number of benzene rings is 2. The fraction of sp³-hybridized carbons (Fsp3) is 0.360. The lowest BCUT2D eigenvalue weighted by atomic mass is 9.87. The highest BCUT2D eigenvalue weighted by molar-refractivity contribution is 5.88. The van der Waals surface area contributed by atoms with Gasteiger partial charge in [-0.15, -0.1) is 0 Å². The number of anilines is 1. The van der Waals surface area contributed by atoms with Crippen LogP contribution in [0, 0.1) is 0 Å². The Kier molecular flexibility index (Phi) is 6.21. The van der Waals surface area contributed by atoms with Crippen molar-refractivity contribution in [1.29, 1.82) is 0 Å². The van der Waals surface area contributed by atoms with Crippen LogP contribution in [0.15, 0.2) is 59.7 Å². The molecular formula is C25H31N3O. The summed E-state index contributed by atoms with van der Waals surface area (Å²) < 4.78 is 0. The minimum Gasteiger partial charge on any atom is -0.360 e. The maximum atomic E-state index is 12.0. The second-order valence-corrected chi connectivity index (χ2v) is 8.50. The van der Waals surface area contributed by atoms with Gasteiger partial charge < -0.3 is 4.90 Å². The van der Waals surface area contributed by atoms with Gasteiger partial charge in [-0.2, -0.15) is 5.10 Å². The van der Waals surface area contributed by atoms with Crippen molar-refractivity contribution < 1.29 is 4.79 Å². The summed E-state index contributed by atoms with van der Waals surface area (Å²) in [7, 11) is 0. The summed E-state index contributed by atoms with van der Waals surface area (Å²) in [5.41, 5.74) is 8.48. The van der Waals surface area contributed by atoms with Crippen LogP contribution in [0.2, 0.25) is 0 Å². The molecule has 0 saturated heterocycles. The summed E-state index contributed by atoms with van der Waals surface area (Å²) in [4.78, 5) is 14.5. The van der Waals surface area contributed by atoms with E-state index in [1.807, 2.05) is 30.3 Å². The Morgan fingerprint density at radius 1 is 1.17 bits per heavy atom. The van der Waals surface area contributed by atoms with Crippen molar-refractivity contribution in [2.75, 3.05) is 4.90 Å². The van der Waals surface area contributed by atoms with E-state index in [2.05, 4.69) is 74.3 Å². The van der Waals surface area contributed by atoms with Crippen LogP contribution in [-0.2, 0) is 11.2 Å². The lowest BCUT2D eigenvalue weighted by Crippen LogP contribution is -2.49. The number of aryl methyl sites for hydroxylation is 1. The summed E-state index contributed by atoms with van der Waals surface area (Å²) in [6, 6.07) is 16.8. The molecule has 29 heavy (non-hydrogen) atoms. The number of rotatable bonds is 6. The number of fused-ring (bicyclic) bond motifs is 1. The molecule has 152 valence electrons. The topological polar surface area (TPSA) is 44.7 Å². The molecule has 0 radical (unpaired) electrons. The monoisotopic (exact) mass is 389 g/mol. The van der Waals surface area contributed by atoms with Crippen molar-refractivity contribution in [3.05, 3.63) is 71.3 Å². The van der Waals surface area contributed by atoms with E-state index >= 15 is 0 Å². The molecule has 2 aromatic carbocycles. The molecule has 2 aromatic rings. The molecule has 1 amide bonds. The van der Waals surface area contributed by atoms with Crippen molar-refractivity contribution in [3.63, 3.8) is 0 Å². The fourth-order valence-corrected chi connectivity index (χ4v) is 4.23. The van der Waals surface area contributed by atoms with Gasteiger partial charge in [0.2, 0.25) is 5.91 Å². The van der Waals surface area contributed by atoms with Gasteiger partial charge in [-0.05, 0) is 69.9 Å². The third-order valence-electron chi connectivity index (χ3n) is 5.30. The molecule has 1 N–H and O–H groups in total. The van der Waals surface area contributed by atoms with Crippen LogP contribution in [0.5, 0.6) is 0 Å². The zero-order valence-electron chi connectivity index (χ0n) is 18.1. The first-order valence-corrected chi connectivity index (χ1v) is 10.3. The van der Waals surface area contributed by atoms with Crippen molar-refractivity contribution in [2.45, 2.75) is 59.0 Å². The number of carbonyl (C=O) groups is 1. The molecular weight excluding hydrogens is 358 g/mol.